The number of rotatable bonds is 8. The summed E-state index contributed by atoms with van der Waals surface area (Å²) in [7, 11) is 4.65. The van der Waals surface area contributed by atoms with Gasteiger partial charge in [0.2, 0.25) is 0 Å². The first-order chi connectivity index (χ1) is 16.9. The molecule has 1 atom stereocenters. The summed E-state index contributed by atoms with van der Waals surface area (Å²) in [5.41, 5.74) is 1.50. The molecule has 1 aliphatic rings. The molecule has 35 heavy (non-hydrogen) atoms. The Balaban J connectivity index is 1.38. The predicted molar refractivity (Wildman–Crippen MR) is 133 cm³/mol. The highest BCUT2D eigenvalue weighted by molar-refractivity contribution is 7.09. The summed E-state index contributed by atoms with van der Waals surface area (Å²) in [6.07, 6.45) is 1.02. The third-order valence-electron chi connectivity index (χ3n) is 6.23. The molecule has 3 aromatic rings. The van der Waals surface area contributed by atoms with Crippen molar-refractivity contribution in [1.29, 1.82) is 0 Å². The molecule has 1 aromatic carbocycles. The molecule has 2 aromatic heterocycles. The first-order valence-electron chi connectivity index (χ1n) is 11.5. The number of piperidine rings is 1. The van der Waals surface area contributed by atoms with E-state index in [2.05, 4.69) is 15.3 Å². The molecule has 186 valence electrons. The summed E-state index contributed by atoms with van der Waals surface area (Å²) in [5, 5.41) is 6.42. The lowest BCUT2D eigenvalue weighted by molar-refractivity contribution is -0.117. The Morgan fingerprint density at radius 1 is 1.09 bits per heavy atom. The Morgan fingerprint density at radius 3 is 2.49 bits per heavy atom. The standard InChI is InChI=1S/C25H30N4O5S/c1-15(25(33-3)34-4)26-22(30)20-14-35-23(28-20)16-9-11-29(12-10-16)24(31)19-13-21(32-2)17-7-5-6-8-18(17)27-19/h5-8,13-16,25H,9-12H2,1-4H3,(H,26,30). The molecule has 9 nitrogen and oxygen atoms in total. The molecule has 1 N–H and O–H groups in total. The van der Waals surface area contributed by atoms with E-state index in [0.29, 0.717) is 30.2 Å². The Kier molecular flexibility index (Phi) is 7.94. The zero-order valence-electron chi connectivity index (χ0n) is 20.3. The van der Waals surface area contributed by atoms with Gasteiger partial charge < -0.3 is 24.4 Å². The van der Waals surface area contributed by atoms with Gasteiger partial charge in [0.15, 0.2) is 6.29 Å². The zero-order chi connectivity index (χ0) is 24.9. The molecule has 0 spiro atoms. The van der Waals surface area contributed by atoms with Crippen LogP contribution in [-0.2, 0) is 9.47 Å². The molecule has 0 bridgehead atoms. The maximum atomic E-state index is 13.2. The van der Waals surface area contributed by atoms with E-state index in [1.807, 2.05) is 36.1 Å². The first kappa shape index (κ1) is 25.0. The number of amides is 2. The number of fused-ring (bicyclic) bond motifs is 1. The molecular weight excluding hydrogens is 468 g/mol. The van der Waals surface area contributed by atoms with E-state index < -0.39 is 6.29 Å². The second-order valence-corrected chi connectivity index (χ2v) is 9.36. The van der Waals surface area contributed by atoms with E-state index in [1.54, 1.807) is 18.6 Å². The normalized spacial score (nSPS) is 15.4. The van der Waals surface area contributed by atoms with Crippen molar-refractivity contribution < 1.29 is 23.8 Å². The number of hydrogen-bond donors (Lipinski definition) is 1. The first-order valence-corrected chi connectivity index (χ1v) is 12.4. The molecule has 3 heterocycles. The summed E-state index contributed by atoms with van der Waals surface area (Å²) in [6, 6.07) is 9.01. The summed E-state index contributed by atoms with van der Waals surface area (Å²) in [5.74, 6) is 0.474. The second-order valence-electron chi connectivity index (χ2n) is 8.47. The van der Waals surface area contributed by atoms with Crippen molar-refractivity contribution in [2.75, 3.05) is 34.4 Å². The smallest absolute Gasteiger partial charge is 0.272 e. The van der Waals surface area contributed by atoms with Crippen molar-refractivity contribution in [1.82, 2.24) is 20.2 Å². The van der Waals surface area contributed by atoms with Gasteiger partial charge in [0.05, 0.1) is 23.7 Å². The van der Waals surface area contributed by atoms with Crippen molar-refractivity contribution in [2.45, 2.75) is 38.0 Å². The van der Waals surface area contributed by atoms with E-state index in [-0.39, 0.29) is 23.8 Å². The Morgan fingerprint density at radius 2 is 1.80 bits per heavy atom. The van der Waals surface area contributed by atoms with Gasteiger partial charge in [-0.1, -0.05) is 12.1 Å². The number of hydrogen-bond acceptors (Lipinski definition) is 8. The third-order valence-corrected chi connectivity index (χ3v) is 7.24. The minimum absolute atomic E-state index is 0.105. The number of likely N-dealkylation sites (tertiary alicyclic amines) is 1. The van der Waals surface area contributed by atoms with Crippen molar-refractivity contribution >= 4 is 34.1 Å². The highest BCUT2D eigenvalue weighted by Crippen LogP contribution is 2.32. The number of thiazole rings is 1. The second kappa shape index (κ2) is 11.1. The molecule has 4 rings (SSSR count). The number of pyridine rings is 1. The maximum absolute atomic E-state index is 13.2. The van der Waals surface area contributed by atoms with Crippen LogP contribution >= 0.6 is 11.3 Å². The number of nitrogens with zero attached hydrogens (tertiary/aromatic N) is 3. The number of carbonyl (C=O) groups excluding carboxylic acids is 2. The van der Waals surface area contributed by atoms with Crippen LogP contribution < -0.4 is 10.1 Å². The highest BCUT2D eigenvalue weighted by atomic mass is 32.1. The monoisotopic (exact) mass is 498 g/mol. The van der Waals surface area contributed by atoms with Crippen LogP contribution in [0.4, 0.5) is 0 Å². The molecule has 0 aliphatic carbocycles. The Labute approximate surface area is 208 Å². The van der Waals surface area contributed by atoms with Gasteiger partial charge >= 0.3 is 0 Å². The lowest BCUT2D eigenvalue weighted by Crippen LogP contribution is -2.43. The molecule has 2 amide bonds. The summed E-state index contributed by atoms with van der Waals surface area (Å²) >= 11 is 1.48. The average molecular weight is 499 g/mol. The lowest BCUT2D eigenvalue weighted by atomic mass is 9.97. The van der Waals surface area contributed by atoms with E-state index in [1.165, 1.54) is 25.6 Å². The van der Waals surface area contributed by atoms with Gasteiger partial charge in [-0.15, -0.1) is 11.3 Å². The molecular formula is C25H30N4O5S. The minimum Gasteiger partial charge on any atom is -0.496 e. The van der Waals surface area contributed by atoms with Gasteiger partial charge in [0.1, 0.15) is 17.1 Å². The van der Waals surface area contributed by atoms with Crippen LogP contribution in [0, 0.1) is 0 Å². The van der Waals surface area contributed by atoms with E-state index in [9.17, 15) is 9.59 Å². The molecule has 0 radical (unpaired) electrons. The van der Waals surface area contributed by atoms with Crippen LogP contribution in [0.25, 0.3) is 10.9 Å². The predicted octanol–water partition coefficient (Wildman–Crippen LogP) is 3.46. The Bertz CT molecular complexity index is 1190. The van der Waals surface area contributed by atoms with Crippen LogP contribution in [0.2, 0.25) is 0 Å². The van der Waals surface area contributed by atoms with Crippen LogP contribution in [0.5, 0.6) is 5.75 Å². The largest absolute Gasteiger partial charge is 0.496 e. The quantitative estimate of drug-likeness (QED) is 0.475. The summed E-state index contributed by atoms with van der Waals surface area (Å²) in [4.78, 5) is 36.7. The van der Waals surface area contributed by atoms with E-state index in [4.69, 9.17) is 14.2 Å². The average Bonchev–Trinajstić information content (AvgIpc) is 3.39. The minimum atomic E-state index is -0.531. The van der Waals surface area contributed by atoms with Crippen molar-refractivity contribution in [2.24, 2.45) is 0 Å². The van der Waals surface area contributed by atoms with Crippen molar-refractivity contribution in [3.63, 3.8) is 0 Å². The van der Waals surface area contributed by atoms with Gasteiger partial charge in [0, 0.05) is 50.1 Å². The topological polar surface area (TPSA) is 103 Å². The maximum Gasteiger partial charge on any atom is 0.272 e. The number of carbonyl (C=O) groups is 2. The van der Waals surface area contributed by atoms with Crippen LogP contribution in [0.1, 0.15) is 51.7 Å². The van der Waals surface area contributed by atoms with Gasteiger partial charge in [-0.3, -0.25) is 9.59 Å². The highest BCUT2D eigenvalue weighted by Gasteiger charge is 2.28. The number of benzene rings is 1. The van der Waals surface area contributed by atoms with Gasteiger partial charge in [0.25, 0.3) is 11.8 Å². The number of nitrogens with one attached hydrogen (secondary N) is 1. The zero-order valence-corrected chi connectivity index (χ0v) is 21.1. The fourth-order valence-corrected chi connectivity index (χ4v) is 5.32. The van der Waals surface area contributed by atoms with Crippen LogP contribution in [0.3, 0.4) is 0 Å². The molecule has 1 saturated heterocycles. The third kappa shape index (κ3) is 5.44. The number of para-hydroxylation sites is 1. The van der Waals surface area contributed by atoms with Gasteiger partial charge in [-0.2, -0.15) is 0 Å². The summed E-state index contributed by atoms with van der Waals surface area (Å²) < 4.78 is 15.9. The fraction of sp³-hybridized carbons (Fsp3) is 0.440. The molecule has 10 heteroatoms. The summed E-state index contributed by atoms with van der Waals surface area (Å²) in [6.45, 7) is 3.01. The number of aromatic nitrogens is 2. The molecule has 1 unspecified atom stereocenters. The van der Waals surface area contributed by atoms with Crippen molar-refractivity contribution in [3.05, 3.63) is 52.1 Å². The fourth-order valence-electron chi connectivity index (χ4n) is 4.35. The van der Waals surface area contributed by atoms with Crippen LogP contribution in [0.15, 0.2) is 35.7 Å². The lowest BCUT2D eigenvalue weighted by Gasteiger charge is -2.31. The molecule has 0 saturated carbocycles. The van der Waals surface area contributed by atoms with Crippen LogP contribution in [-0.4, -0.2) is 73.4 Å². The molecule has 1 fully saturated rings. The number of methoxy groups -OCH3 is 3. The van der Waals surface area contributed by atoms with Gasteiger partial charge in [-0.25, -0.2) is 9.97 Å². The van der Waals surface area contributed by atoms with E-state index >= 15 is 0 Å². The van der Waals surface area contributed by atoms with Crippen molar-refractivity contribution in [3.8, 4) is 5.75 Å². The van der Waals surface area contributed by atoms with E-state index in [0.717, 1.165) is 28.8 Å². The Hall–Kier alpha value is -3.08. The SMILES string of the molecule is COc1cc(C(=O)N2CCC(c3nc(C(=O)NC(C)C(OC)OC)cs3)CC2)nc2ccccc12. The molecule has 1 aliphatic heterocycles. The number of ether oxygens (including phenoxy) is 3. The van der Waals surface area contributed by atoms with Gasteiger partial charge in [-0.05, 0) is 31.9 Å².